The van der Waals surface area contributed by atoms with Gasteiger partial charge in [-0.05, 0) is 31.7 Å². The number of hydrazine groups is 1. The maximum Gasteiger partial charge on any atom is 0.305 e. The fourth-order valence-corrected chi connectivity index (χ4v) is 1.94. The lowest BCUT2D eigenvalue weighted by atomic mass is 10.1. The normalized spacial score (nSPS) is 10.5. The van der Waals surface area contributed by atoms with E-state index in [4.69, 9.17) is 4.42 Å². The Hall–Kier alpha value is -2.60. The van der Waals surface area contributed by atoms with E-state index in [0.717, 1.165) is 5.56 Å². The molecule has 1 heterocycles. The van der Waals surface area contributed by atoms with Crippen LogP contribution in [0.1, 0.15) is 21.7 Å². The Bertz CT molecular complexity index is 621. The number of furan rings is 1. The van der Waals surface area contributed by atoms with Crippen molar-refractivity contribution in [3.05, 3.63) is 59.5 Å². The van der Waals surface area contributed by atoms with Crippen molar-refractivity contribution in [2.75, 3.05) is 13.6 Å². The predicted octanol–water partition coefficient (Wildman–Crippen LogP) is 1.48. The summed E-state index contributed by atoms with van der Waals surface area (Å²) in [5.41, 5.74) is 6.98. The van der Waals surface area contributed by atoms with Crippen LogP contribution in [0.5, 0.6) is 0 Å². The minimum absolute atomic E-state index is 0.147. The zero-order valence-corrected chi connectivity index (χ0v) is 12.6. The van der Waals surface area contributed by atoms with Gasteiger partial charge >= 0.3 is 5.91 Å². The highest BCUT2D eigenvalue weighted by Crippen LogP contribution is 2.05. The first-order chi connectivity index (χ1) is 10.5. The monoisotopic (exact) mass is 301 g/mol. The summed E-state index contributed by atoms with van der Waals surface area (Å²) in [5, 5.41) is 0. The first kappa shape index (κ1) is 15.8. The van der Waals surface area contributed by atoms with E-state index < -0.39 is 5.91 Å². The van der Waals surface area contributed by atoms with E-state index in [0.29, 0.717) is 6.54 Å². The summed E-state index contributed by atoms with van der Waals surface area (Å²) in [7, 11) is 1.84. The molecule has 6 nitrogen and oxygen atoms in total. The highest BCUT2D eigenvalue weighted by molar-refractivity contribution is 5.93. The maximum absolute atomic E-state index is 11.8. The van der Waals surface area contributed by atoms with Crippen molar-refractivity contribution in [1.29, 1.82) is 0 Å². The van der Waals surface area contributed by atoms with Crippen molar-refractivity contribution in [3.8, 4) is 0 Å². The maximum atomic E-state index is 11.8. The van der Waals surface area contributed by atoms with Gasteiger partial charge < -0.3 is 4.42 Å². The highest BCUT2D eigenvalue weighted by atomic mass is 16.3. The number of carbonyl (C=O) groups excluding carboxylic acids is 2. The van der Waals surface area contributed by atoms with Crippen LogP contribution >= 0.6 is 0 Å². The smallest absolute Gasteiger partial charge is 0.305 e. The minimum atomic E-state index is -0.487. The van der Waals surface area contributed by atoms with Crippen molar-refractivity contribution in [2.45, 2.75) is 13.5 Å². The van der Waals surface area contributed by atoms with Crippen LogP contribution in [0, 0.1) is 6.92 Å². The second kappa shape index (κ2) is 7.42. The summed E-state index contributed by atoms with van der Waals surface area (Å²) in [5.74, 6) is -0.637. The zero-order chi connectivity index (χ0) is 15.9. The van der Waals surface area contributed by atoms with Gasteiger partial charge in [-0.15, -0.1) is 0 Å². The molecular weight excluding hydrogens is 282 g/mol. The molecule has 0 saturated heterocycles. The molecule has 0 aliphatic heterocycles. The molecule has 0 radical (unpaired) electrons. The van der Waals surface area contributed by atoms with E-state index >= 15 is 0 Å². The van der Waals surface area contributed by atoms with Gasteiger partial charge in [0.15, 0.2) is 5.76 Å². The van der Waals surface area contributed by atoms with Crippen LogP contribution in [0.3, 0.4) is 0 Å². The number of aryl methyl sites for hydroxylation is 1. The van der Waals surface area contributed by atoms with Crippen LogP contribution in [0.4, 0.5) is 0 Å². The number of benzene rings is 1. The van der Waals surface area contributed by atoms with Crippen molar-refractivity contribution in [2.24, 2.45) is 0 Å². The number of carbonyl (C=O) groups is 2. The van der Waals surface area contributed by atoms with Crippen molar-refractivity contribution < 1.29 is 14.0 Å². The van der Waals surface area contributed by atoms with E-state index in [1.807, 2.05) is 43.1 Å². The highest BCUT2D eigenvalue weighted by Gasteiger charge is 2.11. The molecule has 0 fully saturated rings. The Labute approximate surface area is 129 Å². The average Bonchev–Trinajstić information content (AvgIpc) is 3.01. The first-order valence-electron chi connectivity index (χ1n) is 6.91. The lowest BCUT2D eigenvalue weighted by Gasteiger charge is -2.16. The molecule has 0 atom stereocenters. The Kier molecular flexibility index (Phi) is 5.32. The summed E-state index contributed by atoms with van der Waals surface area (Å²) >= 11 is 0. The molecular formula is C16H19N3O3. The summed E-state index contributed by atoms with van der Waals surface area (Å²) in [6, 6.07) is 11.3. The summed E-state index contributed by atoms with van der Waals surface area (Å²) < 4.78 is 4.92. The lowest BCUT2D eigenvalue weighted by Crippen LogP contribution is -2.45. The summed E-state index contributed by atoms with van der Waals surface area (Å²) in [4.78, 5) is 25.2. The lowest BCUT2D eigenvalue weighted by molar-refractivity contribution is -0.122. The number of nitrogens with one attached hydrogen (secondary N) is 2. The number of likely N-dealkylation sites (N-methyl/N-ethyl adjacent to an activating group) is 1. The van der Waals surface area contributed by atoms with E-state index in [-0.39, 0.29) is 18.2 Å². The summed E-state index contributed by atoms with van der Waals surface area (Å²) in [6.45, 7) is 2.86. The minimum Gasteiger partial charge on any atom is -0.459 e. The number of amides is 2. The van der Waals surface area contributed by atoms with Gasteiger partial charge in [0.05, 0.1) is 12.8 Å². The van der Waals surface area contributed by atoms with Crippen molar-refractivity contribution in [1.82, 2.24) is 15.8 Å². The number of hydrogen-bond donors (Lipinski definition) is 2. The molecule has 2 N–H and O–H groups in total. The largest absolute Gasteiger partial charge is 0.459 e. The Morgan fingerprint density at radius 2 is 1.86 bits per heavy atom. The van der Waals surface area contributed by atoms with E-state index in [9.17, 15) is 9.59 Å². The molecule has 2 amide bonds. The van der Waals surface area contributed by atoms with Crippen molar-refractivity contribution in [3.63, 3.8) is 0 Å². The molecule has 116 valence electrons. The van der Waals surface area contributed by atoms with Crippen LogP contribution in [0.25, 0.3) is 0 Å². The number of hydrogen-bond acceptors (Lipinski definition) is 4. The predicted molar refractivity (Wildman–Crippen MR) is 81.8 cm³/mol. The molecule has 1 aromatic heterocycles. The molecule has 2 aromatic rings. The molecule has 0 unspecified atom stereocenters. The van der Waals surface area contributed by atoms with Crippen LogP contribution < -0.4 is 10.9 Å². The van der Waals surface area contributed by atoms with Crippen LogP contribution in [-0.4, -0.2) is 30.3 Å². The molecule has 0 bridgehead atoms. The zero-order valence-electron chi connectivity index (χ0n) is 12.6. The van der Waals surface area contributed by atoms with Gasteiger partial charge in [0.25, 0.3) is 5.91 Å². The quantitative estimate of drug-likeness (QED) is 0.820. The van der Waals surface area contributed by atoms with Crippen LogP contribution in [0.2, 0.25) is 0 Å². The Morgan fingerprint density at radius 1 is 1.14 bits per heavy atom. The fourth-order valence-electron chi connectivity index (χ4n) is 1.94. The Balaban J connectivity index is 1.74. The first-order valence-corrected chi connectivity index (χ1v) is 6.91. The van der Waals surface area contributed by atoms with Crippen LogP contribution in [-0.2, 0) is 11.3 Å². The summed E-state index contributed by atoms with van der Waals surface area (Å²) in [6.07, 6.45) is 1.39. The second-order valence-electron chi connectivity index (χ2n) is 5.14. The van der Waals surface area contributed by atoms with E-state index in [1.54, 1.807) is 6.07 Å². The molecule has 22 heavy (non-hydrogen) atoms. The van der Waals surface area contributed by atoms with Gasteiger partial charge in [0, 0.05) is 6.54 Å². The van der Waals surface area contributed by atoms with Gasteiger partial charge in [-0.25, -0.2) is 0 Å². The fraction of sp³-hybridized carbons (Fsp3) is 0.250. The average molecular weight is 301 g/mol. The van der Waals surface area contributed by atoms with Gasteiger partial charge in [0.1, 0.15) is 0 Å². The molecule has 1 aromatic carbocycles. The number of nitrogens with zero attached hydrogens (tertiary/aromatic N) is 1. The topological polar surface area (TPSA) is 74.6 Å². The number of rotatable bonds is 5. The van der Waals surface area contributed by atoms with Crippen LogP contribution in [0.15, 0.2) is 47.1 Å². The molecule has 2 rings (SSSR count). The standard InChI is InChI=1S/C16H19N3O3/c1-12-5-7-13(8-6-12)10-19(2)11-15(20)17-18-16(21)14-4-3-9-22-14/h3-9H,10-11H2,1-2H3,(H,17,20)(H,18,21). The third kappa shape index (κ3) is 4.75. The van der Waals surface area contributed by atoms with Gasteiger partial charge in [0.2, 0.25) is 0 Å². The SMILES string of the molecule is Cc1ccc(CN(C)CC(=O)NNC(=O)c2ccco2)cc1. The molecule has 0 saturated carbocycles. The molecule has 6 heteroatoms. The molecule has 0 aliphatic carbocycles. The Morgan fingerprint density at radius 3 is 2.50 bits per heavy atom. The van der Waals surface area contributed by atoms with E-state index in [1.165, 1.54) is 17.9 Å². The molecule has 0 aliphatic rings. The molecule has 0 spiro atoms. The van der Waals surface area contributed by atoms with Crippen molar-refractivity contribution >= 4 is 11.8 Å². The second-order valence-corrected chi connectivity index (χ2v) is 5.14. The van der Waals surface area contributed by atoms with Gasteiger partial charge in [-0.3, -0.25) is 25.3 Å². The third-order valence-corrected chi connectivity index (χ3v) is 3.05. The van der Waals surface area contributed by atoms with Gasteiger partial charge in [-0.2, -0.15) is 0 Å². The van der Waals surface area contributed by atoms with E-state index in [2.05, 4.69) is 10.9 Å². The van der Waals surface area contributed by atoms with Gasteiger partial charge in [-0.1, -0.05) is 29.8 Å². The third-order valence-electron chi connectivity index (χ3n) is 3.05.